The highest BCUT2D eigenvalue weighted by Gasteiger charge is 2.40. The van der Waals surface area contributed by atoms with Crippen molar-refractivity contribution in [3.63, 3.8) is 0 Å². The molecule has 0 aromatic carbocycles. The quantitative estimate of drug-likeness (QED) is 0.730. The second-order valence-corrected chi connectivity index (χ2v) is 10.6. The Balaban J connectivity index is 1.14. The van der Waals surface area contributed by atoms with Crippen LogP contribution < -0.4 is 10.2 Å². The van der Waals surface area contributed by atoms with Gasteiger partial charge >= 0.3 is 6.03 Å². The zero-order chi connectivity index (χ0) is 22.4. The summed E-state index contributed by atoms with van der Waals surface area (Å²) in [6.07, 6.45) is 13.3. The second-order valence-electron chi connectivity index (χ2n) is 10.6. The molecule has 0 radical (unpaired) electrons. The van der Waals surface area contributed by atoms with Crippen LogP contribution in [0.15, 0.2) is 24.5 Å². The zero-order valence-electron chi connectivity index (χ0n) is 19.4. The molecule has 8 heteroatoms. The van der Waals surface area contributed by atoms with Gasteiger partial charge in [0.1, 0.15) is 6.23 Å². The van der Waals surface area contributed by atoms with Gasteiger partial charge < -0.3 is 10.4 Å². The van der Waals surface area contributed by atoms with Gasteiger partial charge in [0.25, 0.3) is 0 Å². The standard InChI is InChI=1S/C25H36N6O2/c32-24-9-10-29(25(33)27-24)23-13-26-31-11-8-19(12-22(23)31)14-28-16-20-6-7-21(17-28)30(20)15-18-4-2-1-3-5-18/h8,11-13,18,20-21,24,32H,1-7,9-10,14-17H2,(H,27,33). The number of nitrogens with one attached hydrogen (secondary N) is 1. The Morgan fingerprint density at radius 1 is 1.06 bits per heavy atom. The normalized spacial score (nSPS) is 29.7. The molecule has 4 aliphatic rings. The lowest BCUT2D eigenvalue weighted by Gasteiger charge is -2.43. The molecule has 2 amide bonds. The molecule has 3 unspecified atom stereocenters. The number of likely N-dealkylation sites (tertiary alicyclic amines) is 1. The van der Waals surface area contributed by atoms with Crippen LogP contribution in [0.4, 0.5) is 10.5 Å². The van der Waals surface area contributed by atoms with E-state index in [2.05, 4.69) is 32.3 Å². The van der Waals surface area contributed by atoms with E-state index >= 15 is 0 Å². The number of aromatic nitrogens is 2. The number of aliphatic hydroxyl groups is 1. The predicted octanol–water partition coefficient (Wildman–Crippen LogP) is 2.80. The number of carbonyl (C=O) groups is 1. The van der Waals surface area contributed by atoms with Gasteiger partial charge in [0.2, 0.25) is 0 Å². The monoisotopic (exact) mass is 452 g/mol. The number of fused-ring (bicyclic) bond motifs is 3. The van der Waals surface area contributed by atoms with Crippen LogP contribution in [0.3, 0.4) is 0 Å². The molecule has 3 aliphatic heterocycles. The molecule has 1 saturated carbocycles. The van der Waals surface area contributed by atoms with Crippen molar-refractivity contribution in [1.29, 1.82) is 0 Å². The van der Waals surface area contributed by atoms with Crippen LogP contribution >= 0.6 is 0 Å². The largest absolute Gasteiger partial charge is 0.374 e. The molecule has 178 valence electrons. The third-order valence-corrected chi connectivity index (χ3v) is 8.33. The molecule has 3 atom stereocenters. The third kappa shape index (κ3) is 4.24. The first-order chi connectivity index (χ1) is 16.1. The first-order valence-electron chi connectivity index (χ1n) is 12.8. The van der Waals surface area contributed by atoms with Gasteiger partial charge in [-0.25, -0.2) is 9.31 Å². The lowest BCUT2D eigenvalue weighted by molar-refractivity contribution is 0.0454. The Morgan fingerprint density at radius 3 is 2.61 bits per heavy atom. The number of anilines is 1. The Hall–Kier alpha value is -2.16. The number of amides is 2. The number of carbonyl (C=O) groups excluding carboxylic acids is 1. The van der Waals surface area contributed by atoms with Gasteiger partial charge in [-0.3, -0.25) is 14.7 Å². The van der Waals surface area contributed by atoms with Crippen LogP contribution in [0.5, 0.6) is 0 Å². The van der Waals surface area contributed by atoms with Gasteiger partial charge in [0, 0.05) is 57.4 Å². The van der Waals surface area contributed by atoms with E-state index in [1.165, 1.54) is 57.1 Å². The smallest absolute Gasteiger partial charge is 0.324 e. The molecule has 4 fully saturated rings. The highest BCUT2D eigenvalue weighted by atomic mass is 16.3. The Bertz CT molecular complexity index is 988. The topological polar surface area (TPSA) is 76.3 Å². The summed E-state index contributed by atoms with van der Waals surface area (Å²) in [5, 5.41) is 16.8. The van der Waals surface area contributed by atoms with Crippen molar-refractivity contribution in [3.05, 3.63) is 30.1 Å². The summed E-state index contributed by atoms with van der Waals surface area (Å²) in [7, 11) is 0. The number of piperazine rings is 1. The van der Waals surface area contributed by atoms with Crippen LogP contribution in [0.1, 0.15) is 56.9 Å². The summed E-state index contributed by atoms with van der Waals surface area (Å²) in [5.41, 5.74) is 3.01. The molecule has 0 spiro atoms. The van der Waals surface area contributed by atoms with Crippen molar-refractivity contribution in [2.75, 3.05) is 31.1 Å². The molecular formula is C25H36N6O2. The van der Waals surface area contributed by atoms with Crippen LogP contribution in [0.2, 0.25) is 0 Å². The van der Waals surface area contributed by atoms with Gasteiger partial charge in [-0.05, 0) is 49.3 Å². The summed E-state index contributed by atoms with van der Waals surface area (Å²) in [4.78, 5) is 19.6. The number of pyridine rings is 1. The molecule has 2 aromatic rings. The molecule has 2 N–H and O–H groups in total. The zero-order valence-corrected chi connectivity index (χ0v) is 19.4. The molecule has 3 saturated heterocycles. The van der Waals surface area contributed by atoms with Crippen molar-refractivity contribution >= 4 is 17.2 Å². The van der Waals surface area contributed by atoms with Gasteiger partial charge in [-0.15, -0.1) is 0 Å². The summed E-state index contributed by atoms with van der Waals surface area (Å²) in [6, 6.07) is 5.49. The summed E-state index contributed by atoms with van der Waals surface area (Å²) in [5.74, 6) is 0.921. The molecule has 8 nitrogen and oxygen atoms in total. The predicted molar refractivity (Wildman–Crippen MR) is 127 cm³/mol. The van der Waals surface area contributed by atoms with Crippen LogP contribution in [-0.4, -0.2) is 75.0 Å². The molecule has 5 heterocycles. The number of urea groups is 1. The molecule has 33 heavy (non-hydrogen) atoms. The lowest BCUT2D eigenvalue weighted by Crippen LogP contribution is -2.54. The average molecular weight is 453 g/mol. The number of hydrogen-bond donors (Lipinski definition) is 2. The van der Waals surface area contributed by atoms with E-state index in [4.69, 9.17) is 0 Å². The van der Waals surface area contributed by atoms with Crippen molar-refractivity contribution in [2.45, 2.75) is 76.2 Å². The first-order valence-corrected chi connectivity index (χ1v) is 12.8. The number of hydrogen-bond acceptors (Lipinski definition) is 5. The van der Waals surface area contributed by atoms with Gasteiger partial charge in [0.15, 0.2) is 0 Å². The Kier molecular flexibility index (Phi) is 5.76. The molecule has 2 aromatic heterocycles. The number of nitrogens with zero attached hydrogens (tertiary/aromatic N) is 5. The fraction of sp³-hybridized carbons (Fsp3) is 0.680. The van der Waals surface area contributed by atoms with E-state index in [1.807, 2.05) is 10.7 Å². The number of rotatable bonds is 5. The molecule has 6 rings (SSSR count). The van der Waals surface area contributed by atoms with E-state index in [9.17, 15) is 9.90 Å². The third-order valence-electron chi connectivity index (χ3n) is 8.33. The van der Waals surface area contributed by atoms with E-state index in [0.717, 1.165) is 36.8 Å². The maximum atomic E-state index is 12.4. The summed E-state index contributed by atoms with van der Waals surface area (Å²) < 4.78 is 1.84. The van der Waals surface area contributed by atoms with Gasteiger partial charge in [-0.1, -0.05) is 19.3 Å². The van der Waals surface area contributed by atoms with E-state index in [0.29, 0.717) is 25.0 Å². The van der Waals surface area contributed by atoms with Crippen LogP contribution in [-0.2, 0) is 6.54 Å². The minimum Gasteiger partial charge on any atom is -0.374 e. The van der Waals surface area contributed by atoms with E-state index in [1.54, 1.807) is 11.1 Å². The van der Waals surface area contributed by atoms with E-state index in [-0.39, 0.29) is 6.03 Å². The summed E-state index contributed by atoms with van der Waals surface area (Å²) >= 11 is 0. The molecule has 1 aliphatic carbocycles. The van der Waals surface area contributed by atoms with Crippen LogP contribution in [0.25, 0.3) is 5.52 Å². The maximum absolute atomic E-state index is 12.4. The van der Waals surface area contributed by atoms with Crippen molar-refractivity contribution in [3.8, 4) is 0 Å². The Morgan fingerprint density at radius 2 is 1.85 bits per heavy atom. The minimum atomic E-state index is -0.765. The minimum absolute atomic E-state index is 0.264. The molecule has 2 bridgehead atoms. The fourth-order valence-corrected chi connectivity index (χ4v) is 6.62. The van der Waals surface area contributed by atoms with E-state index < -0.39 is 6.23 Å². The fourth-order valence-electron chi connectivity index (χ4n) is 6.62. The van der Waals surface area contributed by atoms with Gasteiger partial charge in [-0.2, -0.15) is 5.10 Å². The van der Waals surface area contributed by atoms with Crippen molar-refractivity contribution in [2.24, 2.45) is 5.92 Å². The first kappa shape index (κ1) is 21.4. The van der Waals surface area contributed by atoms with Crippen LogP contribution in [0, 0.1) is 5.92 Å². The highest BCUT2D eigenvalue weighted by molar-refractivity contribution is 5.97. The maximum Gasteiger partial charge on any atom is 0.324 e. The molecular weight excluding hydrogens is 416 g/mol. The lowest BCUT2D eigenvalue weighted by atomic mass is 9.88. The van der Waals surface area contributed by atoms with Crippen molar-refractivity contribution < 1.29 is 9.90 Å². The Labute approximate surface area is 195 Å². The SMILES string of the molecule is O=C1NC(O)CCN1c1cnn2ccc(CN3CC4CCC(C3)N4CC3CCCCC3)cc12. The van der Waals surface area contributed by atoms with Gasteiger partial charge in [0.05, 0.1) is 17.4 Å². The highest BCUT2D eigenvalue weighted by Crippen LogP contribution is 2.34. The van der Waals surface area contributed by atoms with Crippen molar-refractivity contribution in [1.82, 2.24) is 24.7 Å². The summed E-state index contributed by atoms with van der Waals surface area (Å²) in [6.45, 7) is 5.07. The second kappa shape index (κ2) is 8.89. The number of aliphatic hydroxyl groups excluding tert-OH is 1. The average Bonchev–Trinajstić information content (AvgIpc) is 3.31.